The first-order chi connectivity index (χ1) is 22.4. The highest BCUT2D eigenvalue weighted by Crippen LogP contribution is 2.48. The summed E-state index contributed by atoms with van der Waals surface area (Å²) in [5.41, 5.74) is -0.180. The molecule has 3 heterocycles. The highest BCUT2D eigenvalue weighted by molar-refractivity contribution is 7.53. The van der Waals surface area contributed by atoms with Crippen molar-refractivity contribution in [3.05, 3.63) is 28.5 Å². The van der Waals surface area contributed by atoms with Gasteiger partial charge < -0.3 is 33.7 Å². The molecule has 1 saturated heterocycles. The first-order valence-electron chi connectivity index (χ1n) is 15.9. The lowest BCUT2D eigenvalue weighted by atomic mass is 9.94. The largest absolute Gasteiger partial charge is 0.438 e. The quantitative estimate of drug-likeness (QED) is 0.119. The Morgan fingerprint density at radius 3 is 2.19 bits per heavy atom. The van der Waals surface area contributed by atoms with Crippen molar-refractivity contribution in [1.29, 1.82) is 5.26 Å². The molecule has 14 nitrogen and oxygen atoms in total. The molecule has 1 aliphatic carbocycles. The van der Waals surface area contributed by atoms with Gasteiger partial charge in [-0.05, 0) is 65.5 Å². The number of aliphatic hydroxyl groups excluding tert-OH is 2. The lowest BCUT2D eigenvalue weighted by Gasteiger charge is -2.22. The van der Waals surface area contributed by atoms with Gasteiger partial charge in [0, 0.05) is 11.6 Å². The summed E-state index contributed by atoms with van der Waals surface area (Å²) >= 11 is 6.46. The van der Waals surface area contributed by atoms with Crippen molar-refractivity contribution < 1.29 is 52.4 Å². The summed E-state index contributed by atoms with van der Waals surface area (Å²) < 4.78 is 47.2. The summed E-state index contributed by atoms with van der Waals surface area (Å²) in [6.45, 7) is 8.01. The number of aromatic nitrogens is 2. The van der Waals surface area contributed by atoms with Crippen LogP contribution in [0.2, 0.25) is 5.15 Å². The molecule has 2 fully saturated rings. The number of pyridine rings is 1. The molecule has 0 spiro atoms. The van der Waals surface area contributed by atoms with E-state index in [1.54, 1.807) is 58.4 Å². The van der Waals surface area contributed by atoms with Crippen molar-refractivity contribution in [1.82, 2.24) is 9.55 Å². The number of hydrogen-bond donors (Lipinski definition) is 2. The predicted octanol–water partition coefficient (Wildman–Crippen LogP) is 5.21. The van der Waals surface area contributed by atoms with Crippen LogP contribution in [0.25, 0.3) is 11.0 Å². The molecular formula is C32H45ClN3O11P. The molecule has 1 aliphatic heterocycles. The molecule has 16 heteroatoms. The standard InChI is InChI=1S/C32H45ClN3O11P/c1-31(2,3)29(39)43-16-45-48(41,46-17-44-30(40)32(4,5)6)18-42-15-23-24(37)25(38)28(47-23)36-12-11-20-21(13-19-9-7-8-10-19)22(14-34)26(33)35-27(20)36/h11-12,19,23-25,28,37-38H,7-10,13,15-18H2,1-6H3/t23-,24-,25-,28-/m1/s1. The van der Waals surface area contributed by atoms with E-state index in [0.717, 1.165) is 31.2 Å². The van der Waals surface area contributed by atoms with Crippen molar-refractivity contribution in [2.45, 2.75) is 98.2 Å². The zero-order valence-corrected chi connectivity index (χ0v) is 29.8. The fraction of sp³-hybridized carbons (Fsp3) is 0.688. The number of fused-ring (bicyclic) bond motifs is 1. The van der Waals surface area contributed by atoms with Gasteiger partial charge in [-0.2, -0.15) is 5.26 Å². The molecular weight excluding hydrogens is 669 g/mol. The number of esters is 2. The molecule has 1 saturated carbocycles. The van der Waals surface area contributed by atoms with Gasteiger partial charge in [-0.25, -0.2) is 4.98 Å². The van der Waals surface area contributed by atoms with Crippen molar-refractivity contribution in [2.75, 3.05) is 26.5 Å². The molecule has 0 radical (unpaired) electrons. The summed E-state index contributed by atoms with van der Waals surface area (Å²) in [6.07, 6.45) is 1.07. The summed E-state index contributed by atoms with van der Waals surface area (Å²) in [7, 11) is -4.19. The van der Waals surface area contributed by atoms with E-state index < -0.39 is 74.8 Å². The van der Waals surface area contributed by atoms with Gasteiger partial charge in [0.1, 0.15) is 41.5 Å². The fourth-order valence-electron chi connectivity index (χ4n) is 5.48. The van der Waals surface area contributed by atoms with Gasteiger partial charge in [-0.1, -0.05) is 37.3 Å². The Kier molecular flexibility index (Phi) is 12.4. The third-order valence-corrected chi connectivity index (χ3v) is 10.0. The van der Waals surface area contributed by atoms with E-state index in [9.17, 15) is 29.6 Å². The summed E-state index contributed by atoms with van der Waals surface area (Å²) in [5.74, 6) is -0.794. The number of nitriles is 1. The molecule has 0 bridgehead atoms. The van der Waals surface area contributed by atoms with E-state index >= 15 is 0 Å². The first kappa shape index (κ1) is 38.2. The van der Waals surface area contributed by atoms with E-state index in [1.807, 2.05) is 0 Å². The average molecular weight is 714 g/mol. The van der Waals surface area contributed by atoms with E-state index in [1.165, 1.54) is 0 Å². The van der Waals surface area contributed by atoms with Gasteiger partial charge in [0.15, 0.2) is 6.23 Å². The smallest absolute Gasteiger partial charge is 0.361 e. The van der Waals surface area contributed by atoms with Crippen LogP contribution in [0.1, 0.15) is 84.6 Å². The lowest BCUT2D eigenvalue weighted by Crippen LogP contribution is -2.34. The topological polar surface area (TPSA) is 189 Å². The molecule has 4 rings (SSSR count). The molecule has 2 N–H and O–H groups in total. The SMILES string of the molecule is CC(C)(C)C(=O)OCOP(=O)(COC[C@H]1O[C@@H](n2ccc3c(CC4CCCC4)c(C#N)c(Cl)nc32)[C@H](O)[C@@H]1O)OCOC(=O)C(C)(C)C. The van der Waals surface area contributed by atoms with Crippen molar-refractivity contribution in [3.63, 3.8) is 0 Å². The van der Waals surface area contributed by atoms with E-state index in [4.69, 9.17) is 39.6 Å². The number of halogens is 1. The van der Waals surface area contributed by atoms with Crippen LogP contribution in [-0.2, 0) is 48.6 Å². The van der Waals surface area contributed by atoms with E-state index in [0.29, 0.717) is 28.9 Å². The minimum absolute atomic E-state index is 0.0444. The number of ether oxygens (including phenoxy) is 4. The van der Waals surface area contributed by atoms with Crippen LogP contribution in [0, 0.1) is 28.1 Å². The van der Waals surface area contributed by atoms with Crippen molar-refractivity contribution >= 4 is 42.2 Å². The minimum atomic E-state index is -4.19. The second kappa shape index (κ2) is 15.5. The molecule has 0 unspecified atom stereocenters. The average Bonchev–Trinajstić information content (AvgIpc) is 3.73. The van der Waals surface area contributed by atoms with Crippen LogP contribution < -0.4 is 0 Å². The van der Waals surface area contributed by atoms with Gasteiger partial charge in [0.05, 0.1) is 23.0 Å². The number of carbonyl (C=O) groups is 2. The van der Waals surface area contributed by atoms with Gasteiger partial charge in [0.2, 0.25) is 13.6 Å². The molecule has 2 aliphatic rings. The second-order valence-electron chi connectivity index (χ2n) is 14.2. The van der Waals surface area contributed by atoms with E-state index in [2.05, 4.69) is 11.1 Å². The third-order valence-electron chi connectivity index (χ3n) is 8.25. The number of nitrogens with zero attached hydrogens (tertiary/aromatic N) is 3. The molecule has 266 valence electrons. The van der Waals surface area contributed by atoms with Crippen molar-refractivity contribution in [2.24, 2.45) is 16.7 Å². The van der Waals surface area contributed by atoms with Crippen LogP contribution in [0.4, 0.5) is 0 Å². The van der Waals surface area contributed by atoms with Crippen LogP contribution in [0.5, 0.6) is 0 Å². The van der Waals surface area contributed by atoms with Gasteiger partial charge in [0.25, 0.3) is 0 Å². The van der Waals surface area contributed by atoms with Gasteiger partial charge in [-0.3, -0.25) is 23.2 Å². The second-order valence-corrected chi connectivity index (χ2v) is 16.6. The Hall–Kier alpha value is -2.60. The molecule has 48 heavy (non-hydrogen) atoms. The maximum Gasteiger partial charge on any atom is 0.361 e. The molecule has 2 aromatic heterocycles. The minimum Gasteiger partial charge on any atom is -0.438 e. The summed E-state index contributed by atoms with van der Waals surface area (Å²) in [4.78, 5) is 28.7. The number of hydrogen-bond acceptors (Lipinski definition) is 13. The molecule has 0 amide bonds. The van der Waals surface area contributed by atoms with Crippen LogP contribution in [0.15, 0.2) is 12.3 Å². The van der Waals surface area contributed by atoms with Crippen molar-refractivity contribution in [3.8, 4) is 6.07 Å². The molecule has 4 atom stereocenters. The van der Waals surface area contributed by atoms with Crippen LogP contribution in [-0.4, -0.2) is 76.6 Å². The monoisotopic (exact) mass is 713 g/mol. The van der Waals surface area contributed by atoms with E-state index in [-0.39, 0.29) is 11.8 Å². The Labute approximate surface area is 285 Å². The highest BCUT2D eigenvalue weighted by Gasteiger charge is 2.45. The lowest BCUT2D eigenvalue weighted by molar-refractivity contribution is -0.162. The zero-order valence-electron chi connectivity index (χ0n) is 28.1. The summed E-state index contributed by atoms with van der Waals surface area (Å²) in [6, 6.07) is 3.97. The van der Waals surface area contributed by atoms with Gasteiger partial charge >= 0.3 is 19.5 Å². The predicted molar refractivity (Wildman–Crippen MR) is 172 cm³/mol. The van der Waals surface area contributed by atoms with Crippen LogP contribution >= 0.6 is 19.2 Å². The number of rotatable bonds is 13. The normalized spacial score (nSPS) is 22.2. The maximum atomic E-state index is 13.5. The highest BCUT2D eigenvalue weighted by atomic mass is 35.5. The number of carbonyl (C=O) groups excluding carboxylic acids is 2. The Morgan fingerprint density at radius 1 is 1.06 bits per heavy atom. The van der Waals surface area contributed by atoms with Crippen LogP contribution in [0.3, 0.4) is 0 Å². The Morgan fingerprint density at radius 2 is 1.65 bits per heavy atom. The Bertz CT molecular complexity index is 1520. The fourth-order valence-corrected chi connectivity index (χ4v) is 6.69. The molecule has 0 aromatic carbocycles. The maximum absolute atomic E-state index is 13.5. The summed E-state index contributed by atoms with van der Waals surface area (Å²) in [5, 5.41) is 32.4. The first-order valence-corrected chi connectivity index (χ1v) is 18.0. The third kappa shape index (κ3) is 9.14. The zero-order chi connectivity index (χ0) is 35.4. The molecule has 2 aromatic rings. The number of aliphatic hydroxyl groups is 2. The Balaban J connectivity index is 1.44. The van der Waals surface area contributed by atoms with Gasteiger partial charge in [-0.15, -0.1) is 0 Å².